The molecule has 1 fully saturated rings. The van der Waals surface area contributed by atoms with Crippen LogP contribution < -0.4 is 10.2 Å². The summed E-state index contributed by atoms with van der Waals surface area (Å²) in [5, 5.41) is 2.80. The molecule has 5 heteroatoms. The highest BCUT2D eigenvalue weighted by molar-refractivity contribution is 8.00. The molecule has 118 valence electrons. The van der Waals surface area contributed by atoms with Crippen molar-refractivity contribution in [3.63, 3.8) is 0 Å². The fraction of sp³-hybridized carbons (Fsp3) is 0.222. The number of nitrogens with zero attached hydrogens (tertiary/aromatic N) is 1. The predicted molar refractivity (Wildman–Crippen MR) is 94.5 cm³/mol. The van der Waals surface area contributed by atoms with Gasteiger partial charge in [0.25, 0.3) is 0 Å². The van der Waals surface area contributed by atoms with E-state index in [1.165, 1.54) is 0 Å². The van der Waals surface area contributed by atoms with E-state index in [1.54, 1.807) is 11.8 Å². The van der Waals surface area contributed by atoms with Crippen molar-refractivity contribution >= 4 is 35.0 Å². The van der Waals surface area contributed by atoms with Gasteiger partial charge >= 0.3 is 0 Å². The number of hydrogen-bond donors (Lipinski definition) is 1. The molecule has 4 nitrogen and oxygen atoms in total. The fourth-order valence-corrected chi connectivity index (χ4v) is 3.72. The highest BCUT2D eigenvalue weighted by Crippen LogP contribution is 2.42. The molecule has 1 N–H and O–H groups in total. The molecule has 1 heterocycles. The van der Waals surface area contributed by atoms with Gasteiger partial charge in [0, 0.05) is 17.8 Å². The molecular weight excluding hydrogens is 308 g/mol. The molecule has 1 aliphatic rings. The first-order valence-corrected chi connectivity index (χ1v) is 8.62. The van der Waals surface area contributed by atoms with Crippen LogP contribution in [0.15, 0.2) is 54.6 Å². The van der Waals surface area contributed by atoms with E-state index < -0.39 is 0 Å². The number of para-hydroxylation sites is 1. The van der Waals surface area contributed by atoms with E-state index in [-0.39, 0.29) is 17.2 Å². The Morgan fingerprint density at radius 1 is 1.22 bits per heavy atom. The zero-order chi connectivity index (χ0) is 16.2. The summed E-state index contributed by atoms with van der Waals surface area (Å²) in [6.07, 6.45) is 0.442. The molecule has 3 rings (SSSR count). The lowest BCUT2D eigenvalue weighted by Gasteiger charge is -2.24. The van der Waals surface area contributed by atoms with Crippen LogP contribution in [-0.2, 0) is 9.59 Å². The minimum Gasteiger partial charge on any atom is -0.326 e. The average molecular weight is 326 g/mol. The third-order valence-corrected chi connectivity index (χ3v) is 4.89. The Labute approximate surface area is 139 Å². The van der Waals surface area contributed by atoms with Gasteiger partial charge in [-0.05, 0) is 29.8 Å². The quantitative estimate of drug-likeness (QED) is 0.929. The Morgan fingerprint density at radius 2 is 2.00 bits per heavy atom. The summed E-state index contributed by atoms with van der Waals surface area (Å²) in [6.45, 7) is 1.82. The number of amides is 2. The van der Waals surface area contributed by atoms with Crippen molar-refractivity contribution in [2.45, 2.75) is 18.7 Å². The van der Waals surface area contributed by atoms with Gasteiger partial charge in [0.2, 0.25) is 11.8 Å². The molecule has 0 saturated carbocycles. The molecule has 0 radical (unpaired) electrons. The van der Waals surface area contributed by atoms with Crippen LogP contribution in [0.5, 0.6) is 0 Å². The number of benzene rings is 2. The number of carbonyl (C=O) groups is 2. The van der Waals surface area contributed by atoms with Crippen LogP contribution in [0.25, 0.3) is 0 Å². The number of rotatable bonds is 4. The number of hydrogen-bond acceptors (Lipinski definition) is 3. The lowest BCUT2D eigenvalue weighted by molar-refractivity contribution is -0.116. The van der Waals surface area contributed by atoms with Gasteiger partial charge in [-0.3, -0.25) is 14.5 Å². The second kappa shape index (κ2) is 6.87. The molecular formula is C18H18N2O2S. The van der Waals surface area contributed by atoms with Gasteiger partial charge in [0.05, 0.1) is 5.75 Å². The molecule has 23 heavy (non-hydrogen) atoms. The maximum Gasteiger partial charge on any atom is 0.238 e. The Morgan fingerprint density at radius 3 is 2.74 bits per heavy atom. The molecule has 1 atom stereocenters. The van der Waals surface area contributed by atoms with Gasteiger partial charge in [-0.25, -0.2) is 0 Å². The lowest BCUT2D eigenvalue weighted by atomic mass is 10.1. The first-order valence-electron chi connectivity index (χ1n) is 7.57. The van der Waals surface area contributed by atoms with Crippen molar-refractivity contribution in [1.82, 2.24) is 0 Å². The van der Waals surface area contributed by atoms with Gasteiger partial charge in [-0.15, -0.1) is 11.8 Å². The molecule has 2 aromatic rings. The Kier molecular flexibility index (Phi) is 4.67. The van der Waals surface area contributed by atoms with E-state index >= 15 is 0 Å². The van der Waals surface area contributed by atoms with Crippen molar-refractivity contribution in [3.05, 3.63) is 60.2 Å². The average Bonchev–Trinajstić information content (AvgIpc) is 2.97. The predicted octanol–water partition coefficient (Wildman–Crippen LogP) is 3.81. The van der Waals surface area contributed by atoms with Crippen LogP contribution in [0.1, 0.15) is 24.3 Å². The maximum atomic E-state index is 12.3. The number of carbonyl (C=O) groups excluding carboxylic acids is 2. The molecule has 0 aromatic heterocycles. The topological polar surface area (TPSA) is 49.4 Å². The van der Waals surface area contributed by atoms with Crippen molar-refractivity contribution in [2.24, 2.45) is 0 Å². The fourth-order valence-electron chi connectivity index (χ4n) is 2.56. The van der Waals surface area contributed by atoms with Gasteiger partial charge in [-0.1, -0.05) is 37.3 Å². The summed E-state index contributed by atoms with van der Waals surface area (Å²) in [6, 6.07) is 17.4. The minimum absolute atomic E-state index is 0.0165. The smallest absolute Gasteiger partial charge is 0.238 e. The van der Waals surface area contributed by atoms with E-state index in [9.17, 15) is 9.59 Å². The third-order valence-electron chi connectivity index (χ3n) is 3.68. The lowest BCUT2D eigenvalue weighted by Crippen LogP contribution is -2.27. The van der Waals surface area contributed by atoms with Crippen LogP contribution in [0.2, 0.25) is 0 Å². The molecule has 1 aliphatic heterocycles. The Hall–Kier alpha value is -2.27. The molecule has 0 spiro atoms. The number of nitrogens with one attached hydrogen (secondary N) is 1. The zero-order valence-electron chi connectivity index (χ0n) is 12.9. The summed E-state index contributed by atoms with van der Waals surface area (Å²) in [5.74, 6) is 0.553. The van der Waals surface area contributed by atoms with Crippen molar-refractivity contribution in [1.29, 1.82) is 0 Å². The van der Waals surface area contributed by atoms with Crippen LogP contribution in [-0.4, -0.2) is 17.6 Å². The summed E-state index contributed by atoms with van der Waals surface area (Å²) in [5.41, 5.74) is 2.68. The van der Waals surface area contributed by atoms with Crippen molar-refractivity contribution in [2.75, 3.05) is 16.0 Å². The van der Waals surface area contributed by atoms with Gasteiger partial charge in [-0.2, -0.15) is 0 Å². The summed E-state index contributed by atoms with van der Waals surface area (Å²) in [4.78, 5) is 25.7. The number of anilines is 2. The minimum atomic E-state index is -0.0663. The van der Waals surface area contributed by atoms with E-state index in [0.717, 1.165) is 16.9 Å². The SMILES string of the molecule is CCC(=O)Nc1cccc(C2SCC(=O)N2c2ccccc2)c1. The van der Waals surface area contributed by atoms with Crippen molar-refractivity contribution in [3.8, 4) is 0 Å². The molecule has 0 bridgehead atoms. The monoisotopic (exact) mass is 326 g/mol. The highest BCUT2D eigenvalue weighted by atomic mass is 32.2. The van der Waals surface area contributed by atoms with E-state index in [1.807, 2.05) is 66.4 Å². The second-order valence-electron chi connectivity index (χ2n) is 5.29. The van der Waals surface area contributed by atoms with Crippen molar-refractivity contribution < 1.29 is 9.59 Å². The molecule has 2 aromatic carbocycles. The molecule has 1 unspecified atom stereocenters. The first kappa shape index (κ1) is 15.6. The number of thioether (sulfide) groups is 1. The summed E-state index contributed by atoms with van der Waals surface area (Å²) >= 11 is 1.60. The molecule has 0 aliphatic carbocycles. The maximum absolute atomic E-state index is 12.3. The van der Waals surface area contributed by atoms with E-state index in [0.29, 0.717) is 12.2 Å². The second-order valence-corrected chi connectivity index (χ2v) is 6.36. The molecule has 2 amide bonds. The zero-order valence-corrected chi connectivity index (χ0v) is 13.7. The van der Waals surface area contributed by atoms with E-state index in [2.05, 4.69) is 5.32 Å². The standard InChI is InChI=1S/C18H18N2O2S/c1-2-16(21)19-14-8-6-7-13(11-14)18-20(17(22)12-23-18)15-9-4-3-5-10-15/h3-11,18H,2,12H2,1H3,(H,19,21). The largest absolute Gasteiger partial charge is 0.326 e. The van der Waals surface area contributed by atoms with Crippen LogP contribution >= 0.6 is 11.8 Å². The van der Waals surface area contributed by atoms with Crippen LogP contribution in [0.4, 0.5) is 11.4 Å². The summed E-state index contributed by atoms with van der Waals surface area (Å²) in [7, 11) is 0. The third kappa shape index (κ3) is 3.40. The van der Waals surface area contributed by atoms with Crippen LogP contribution in [0, 0.1) is 0 Å². The Bertz CT molecular complexity index is 718. The van der Waals surface area contributed by atoms with Gasteiger partial charge in [0.1, 0.15) is 5.37 Å². The van der Waals surface area contributed by atoms with Gasteiger partial charge < -0.3 is 5.32 Å². The summed E-state index contributed by atoms with van der Waals surface area (Å²) < 4.78 is 0. The Balaban J connectivity index is 1.89. The molecule has 1 saturated heterocycles. The van der Waals surface area contributed by atoms with Gasteiger partial charge in [0.15, 0.2) is 0 Å². The normalized spacial score (nSPS) is 17.3. The van der Waals surface area contributed by atoms with Crippen LogP contribution in [0.3, 0.4) is 0 Å². The van der Waals surface area contributed by atoms with E-state index in [4.69, 9.17) is 0 Å². The highest BCUT2D eigenvalue weighted by Gasteiger charge is 2.33. The first-order chi connectivity index (χ1) is 11.2.